The fraction of sp³-hybridized carbons (Fsp3) is 0.0625. The molecular weight excluding hydrogens is 244 g/mol. The Morgan fingerprint density at radius 3 is 2.22 bits per heavy atom. The number of rotatable bonds is 1. The second-order valence-electron chi connectivity index (χ2n) is 3.95. The Morgan fingerprint density at radius 1 is 1.00 bits per heavy atom. The van der Waals surface area contributed by atoms with Crippen LogP contribution in [0.2, 0.25) is 5.02 Å². The van der Waals surface area contributed by atoms with Crippen LogP contribution in [0.1, 0.15) is 21.5 Å². The second kappa shape index (κ2) is 5.53. The van der Waals surface area contributed by atoms with E-state index in [0.717, 1.165) is 11.1 Å². The van der Waals surface area contributed by atoms with E-state index < -0.39 is 0 Å². The molecule has 2 aromatic carbocycles. The number of carbonyl (C=O) groups excluding carboxylic acids is 1. The molecule has 0 saturated heterocycles. The van der Waals surface area contributed by atoms with Gasteiger partial charge in [-0.3, -0.25) is 4.79 Å². The second-order valence-corrected chi connectivity index (χ2v) is 4.39. The molecule has 0 aliphatic heterocycles. The van der Waals surface area contributed by atoms with Crippen LogP contribution in [0.15, 0.2) is 48.5 Å². The minimum atomic E-state index is -0.176. The van der Waals surface area contributed by atoms with E-state index in [1.807, 2.05) is 19.1 Å². The Bertz CT molecular complexity index is 613. The van der Waals surface area contributed by atoms with Crippen molar-refractivity contribution in [2.24, 2.45) is 0 Å². The Hall–Kier alpha value is -2.04. The third-order valence-electron chi connectivity index (χ3n) is 2.48. The third-order valence-corrected chi connectivity index (χ3v) is 2.73. The standard InChI is InChI=1S/C16H11ClO/c1-12-2-7-14(8-3-12)16(18)11-6-13-4-9-15(17)10-5-13/h2-5,7-10H,1H3. The first-order valence-corrected chi connectivity index (χ1v) is 5.91. The summed E-state index contributed by atoms with van der Waals surface area (Å²) in [5, 5.41) is 0.658. The molecule has 1 nitrogen and oxygen atoms in total. The van der Waals surface area contributed by atoms with E-state index in [0.29, 0.717) is 10.6 Å². The molecule has 0 spiro atoms. The van der Waals surface area contributed by atoms with Crippen LogP contribution in [0.3, 0.4) is 0 Å². The smallest absolute Gasteiger partial charge is 0.236 e. The molecule has 0 aromatic heterocycles. The van der Waals surface area contributed by atoms with E-state index in [1.165, 1.54) is 0 Å². The maximum absolute atomic E-state index is 11.8. The van der Waals surface area contributed by atoms with Gasteiger partial charge in [0.05, 0.1) is 0 Å². The van der Waals surface area contributed by atoms with Crippen molar-refractivity contribution in [3.63, 3.8) is 0 Å². The van der Waals surface area contributed by atoms with Gasteiger partial charge in [-0.1, -0.05) is 47.4 Å². The number of hydrogen-bond acceptors (Lipinski definition) is 1. The monoisotopic (exact) mass is 254 g/mol. The van der Waals surface area contributed by atoms with Crippen molar-refractivity contribution in [1.29, 1.82) is 0 Å². The SMILES string of the molecule is Cc1ccc(C(=O)C#Cc2ccc(Cl)cc2)cc1. The minimum absolute atomic E-state index is 0.176. The van der Waals surface area contributed by atoms with Gasteiger partial charge in [-0.15, -0.1) is 0 Å². The van der Waals surface area contributed by atoms with Crippen LogP contribution in [-0.2, 0) is 0 Å². The predicted octanol–water partition coefficient (Wildman–Crippen LogP) is 3.88. The number of hydrogen-bond donors (Lipinski definition) is 0. The van der Waals surface area contributed by atoms with Crippen molar-refractivity contribution in [2.45, 2.75) is 6.92 Å². The molecule has 2 rings (SSSR count). The topological polar surface area (TPSA) is 17.1 Å². The lowest BCUT2D eigenvalue weighted by Crippen LogP contribution is -1.94. The molecule has 0 fully saturated rings. The van der Waals surface area contributed by atoms with Gasteiger partial charge >= 0.3 is 0 Å². The molecule has 0 unspecified atom stereocenters. The molecule has 0 heterocycles. The van der Waals surface area contributed by atoms with E-state index in [4.69, 9.17) is 11.6 Å². The lowest BCUT2D eigenvalue weighted by molar-refractivity contribution is 0.105. The largest absolute Gasteiger partial charge is 0.279 e. The summed E-state index contributed by atoms with van der Waals surface area (Å²) in [5.41, 5.74) is 2.51. The average Bonchev–Trinajstić information content (AvgIpc) is 2.38. The van der Waals surface area contributed by atoms with Crippen LogP contribution in [-0.4, -0.2) is 5.78 Å². The summed E-state index contributed by atoms with van der Waals surface area (Å²) < 4.78 is 0. The van der Waals surface area contributed by atoms with Gasteiger partial charge in [-0.2, -0.15) is 0 Å². The zero-order valence-electron chi connectivity index (χ0n) is 9.91. The summed E-state index contributed by atoms with van der Waals surface area (Å²) >= 11 is 5.77. The van der Waals surface area contributed by atoms with E-state index >= 15 is 0 Å². The van der Waals surface area contributed by atoms with Gasteiger partial charge in [0.25, 0.3) is 0 Å². The Kier molecular flexibility index (Phi) is 3.82. The molecular formula is C16H11ClO. The highest BCUT2D eigenvalue weighted by Gasteiger charge is 2.00. The lowest BCUT2D eigenvalue weighted by atomic mass is 10.1. The van der Waals surface area contributed by atoms with Crippen LogP contribution < -0.4 is 0 Å². The molecule has 2 aromatic rings. The first kappa shape index (κ1) is 12.4. The average molecular weight is 255 g/mol. The molecule has 0 N–H and O–H groups in total. The number of benzene rings is 2. The Balaban J connectivity index is 2.17. The van der Waals surface area contributed by atoms with E-state index in [2.05, 4.69) is 11.8 Å². The first-order chi connectivity index (χ1) is 8.65. The summed E-state index contributed by atoms with van der Waals surface area (Å²) in [5.74, 6) is 5.27. The molecule has 0 radical (unpaired) electrons. The highest BCUT2D eigenvalue weighted by Crippen LogP contribution is 2.08. The molecule has 0 saturated carbocycles. The summed E-state index contributed by atoms with van der Waals surface area (Å²) in [6, 6.07) is 14.5. The van der Waals surface area contributed by atoms with Crippen molar-refractivity contribution < 1.29 is 4.79 Å². The number of halogens is 1. The fourth-order valence-electron chi connectivity index (χ4n) is 1.44. The third kappa shape index (κ3) is 3.23. The van der Waals surface area contributed by atoms with Gasteiger partial charge in [0.15, 0.2) is 0 Å². The fourth-order valence-corrected chi connectivity index (χ4v) is 1.57. The Morgan fingerprint density at radius 2 is 1.61 bits per heavy atom. The summed E-state index contributed by atoms with van der Waals surface area (Å²) in [7, 11) is 0. The maximum Gasteiger partial charge on any atom is 0.236 e. The van der Waals surface area contributed by atoms with E-state index in [-0.39, 0.29) is 5.78 Å². The van der Waals surface area contributed by atoms with Crippen LogP contribution in [0, 0.1) is 18.8 Å². The quantitative estimate of drug-likeness (QED) is 0.558. The summed E-state index contributed by atoms with van der Waals surface area (Å²) in [6.45, 7) is 1.98. The molecule has 18 heavy (non-hydrogen) atoms. The number of aryl methyl sites for hydroxylation is 1. The van der Waals surface area contributed by atoms with Crippen LogP contribution in [0.5, 0.6) is 0 Å². The van der Waals surface area contributed by atoms with Crippen molar-refractivity contribution in [3.8, 4) is 11.8 Å². The molecule has 0 aliphatic rings. The number of carbonyl (C=O) groups is 1. The van der Waals surface area contributed by atoms with Crippen molar-refractivity contribution >= 4 is 17.4 Å². The molecule has 0 amide bonds. The summed E-state index contributed by atoms with van der Waals surface area (Å²) in [4.78, 5) is 11.8. The predicted molar refractivity (Wildman–Crippen MR) is 73.8 cm³/mol. The van der Waals surface area contributed by atoms with Gasteiger partial charge in [0.1, 0.15) is 0 Å². The molecule has 2 heteroatoms. The zero-order valence-corrected chi connectivity index (χ0v) is 10.7. The minimum Gasteiger partial charge on any atom is -0.279 e. The van der Waals surface area contributed by atoms with Gasteiger partial charge in [0, 0.05) is 16.1 Å². The van der Waals surface area contributed by atoms with Gasteiger partial charge in [0.2, 0.25) is 5.78 Å². The van der Waals surface area contributed by atoms with Crippen LogP contribution >= 0.6 is 11.6 Å². The normalized spacial score (nSPS) is 9.44. The Labute approximate surface area is 111 Å². The molecule has 0 atom stereocenters. The van der Waals surface area contributed by atoms with Crippen molar-refractivity contribution in [1.82, 2.24) is 0 Å². The first-order valence-electron chi connectivity index (χ1n) is 5.54. The van der Waals surface area contributed by atoms with Crippen LogP contribution in [0.25, 0.3) is 0 Å². The van der Waals surface area contributed by atoms with Crippen LogP contribution in [0.4, 0.5) is 0 Å². The number of ketones is 1. The zero-order chi connectivity index (χ0) is 13.0. The van der Waals surface area contributed by atoms with Crippen molar-refractivity contribution in [2.75, 3.05) is 0 Å². The van der Waals surface area contributed by atoms with Gasteiger partial charge in [-0.25, -0.2) is 0 Å². The number of Topliss-reactive ketones (excluding diaryl/α,β-unsaturated/α-hetero) is 1. The van der Waals surface area contributed by atoms with E-state index in [9.17, 15) is 4.79 Å². The van der Waals surface area contributed by atoms with E-state index in [1.54, 1.807) is 36.4 Å². The highest BCUT2D eigenvalue weighted by molar-refractivity contribution is 6.30. The summed E-state index contributed by atoms with van der Waals surface area (Å²) in [6.07, 6.45) is 0. The van der Waals surface area contributed by atoms with Crippen molar-refractivity contribution in [3.05, 3.63) is 70.2 Å². The molecule has 0 bridgehead atoms. The maximum atomic E-state index is 11.8. The molecule has 88 valence electrons. The highest BCUT2D eigenvalue weighted by atomic mass is 35.5. The lowest BCUT2D eigenvalue weighted by Gasteiger charge is -1.94. The van der Waals surface area contributed by atoms with Gasteiger partial charge in [-0.05, 0) is 37.1 Å². The van der Waals surface area contributed by atoms with Gasteiger partial charge < -0.3 is 0 Å². The molecule has 0 aliphatic carbocycles.